The number of hydrogen-bond donors (Lipinski definition) is 4. The molecule has 0 aliphatic rings. The number of carboxylic acids is 1. The van der Waals surface area contributed by atoms with E-state index in [1.54, 1.807) is 0 Å². The van der Waals surface area contributed by atoms with Gasteiger partial charge in [-0.3, -0.25) is 0 Å². The number of ketones is 1. The summed E-state index contributed by atoms with van der Waals surface area (Å²) in [6, 6.07) is 0. The molecular formula is C5H11NaO10P2. The fourth-order valence-electron chi connectivity index (χ4n) is 0.417. The van der Waals surface area contributed by atoms with Crippen LogP contribution in [0.3, 0.4) is 0 Å². The second-order valence-corrected chi connectivity index (χ2v) is 5.25. The zero-order valence-corrected chi connectivity index (χ0v) is 13.3. The van der Waals surface area contributed by atoms with Gasteiger partial charge in [-0.25, -0.2) is 9.13 Å². The first-order valence-corrected chi connectivity index (χ1v) is 6.91. The van der Waals surface area contributed by atoms with Crippen LogP contribution in [0.2, 0.25) is 0 Å². The largest absolute Gasteiger partial charge is 1.00 e. The van der Waals surface area contributed by atoms with Crippen molar-refractivity contribution in [3.63, 3.8) is 0 Å². The molecule has 102 valence electrons. The minimum absolute atomic E-state index is 0. The van der Waals surface area contributed by atoms with Gasteiger partial charge in [0.1, 0.15) is 5.78 Å². The van der Waals surface area contributed by atoms with Gasteiger partial charge in [-0.1, -0.05) is 0 Å². The van der Waals surface area contributed by atoms with E-state index in [-0.39, 0.29) is 48.2 Å². The Morgan fingerprint density at radius 3 is 1.44 bits per heavy atom. The van der Waals surface area contributed by atoms with Crippen LogP contribution in [0.5, 0.6) is 0 Å². The Balaban J connectivity index is -0.000000238. The van der Waals surface area contributed by atoms with Gasteiger partial charge in [-0.15, -0.1) is 0 Å². The number of rotatable bonds is 5. The summed E-state index contributed by atoms with van der Waals surface area (Å²) in [5.41, 5.74) is 0. The third-order valence-electron chi connectivity index (χ3n) is 0.894. The normalized spacial score (nSPS) is 10.7. The number of phosphoric acid groups is 2. The molecule has 10 nitrogen and oxygen atoms in total. The van der Waals surface area contributed by atoms with Crippen LogP contribution in [0.1, 0.15) is 19.8 Å². The fourth-order valence-corrected chi connectivity index (χ4v) is 1.53. The van der Waals surface area contributed by atoms with Crippen LogP contribution < -0.4 is 34.7 Å². The van der Waals surface area contributed by atoms with Crippen LogP contribution in [0, 0.1) is 0 Å². The number of aliphatic carboxylic acids is 1. The van der Waals surface area contributed by atoms with Crippen molar-refractivity contribution in [2.75, 3.05) is 0 Å². The van der Waals surface area contributed by atoms with Gasteiger partial charge in [-0.2, -0.15) is 4.31 Å². The van der Waals surface area contributed by atoms with Crippen LogP contribution >= 0.6 is 15.6 Å². The Morgan fingerprint density at radius 2 is 1.39 bits per heavy atom. The molecule has 4 N–H and O–H groups in total. The average molecular weight is 316 g/mol. The zero-order chi connectivity index (χ0) is 14.3. The first kappa shape index (κ1) is 23.5. The number of carbonyl (C=O) groups excluding carboxylic acids is 2. The molecule has 0 saturated heterocycles. The van der Waals surface area contributed by atoms with Crippen molar-refractivity contribution >= 4 is 27.4 Å². The van der Waals surface area contributed by atoms with Crippen molar-refractivity contribution < 1.29 is 77.3 Å². The van der Waals surface area contributed by atoms with E-state index < -0.39 is 21.6 Å². The van der Waals surface area contributed by atoms with Crippen LogP contribution in [0.15, 0.2) is 0 Å². The standard InChI is InChI=1S/C5H8O3.Na.H4O7P2/c1-4(6)2-3-5(7)8;;1-8(2,3)7-9(4,5)6/h2-3H2,1H3,(H,7,8);;(H2,1,2,3)(H2,4,5,6)/q;+1;/p-1. The summed E-state index contributed by atoms with van der Waals surface area (Å²) in [6.07, 6.45) is -0.0718. The van der Waals surface area contributed by atoms with E-state index in [9.17, 15) is 23.8 Å². The molecule has 0 spiro atoms. The predicted octanol–water partition coefficient (Wildman–Crippen LogP) is -4.70. The van der Waals surface area contributed by atoms with Gasteiger partial charge < -0.3 is 34.3 Å². The van der Waals surface area contributed by atoms with Gasteiger partial charge in [0.25, 0.3) is 0 Å². The molecular weight excluding hydrogens is 305 g/mol. The molecule has 0 rings (SSSR count). The van der Waals surface area contributed by atoms with Crippen molar-refractivity contribution in [3.8, 4) is 0 Å². The molecule has 0 unspecified atom stereocenters. The average Bonchev–Trinajstić information content (AvgIpc) is 1.94. The first-order chi connectivity index (χ1) is 7.33. The fraction of sp³-hybridized carbons (Fsp3) is 0.600. The second-order valence-electron chi connectivity index (χ2n) is 2.64. The first-order valence-electron chi connectivity index (χ1n) is 3.85. The maximum Gasteiger partial charge on any atom is 1.00 e. The molecule has 0 radical (unpaired) electrons. The molecule has 0 saturated carbocycles. The Labute approximate surface area is 124 Å². The summed E-state index contributed by atoms with van der Waals surface area (Å²) in [6.45, 7) is 1.35. The van der Waals surface area contributed by atoms with Crippen LogP contribution in [-0.2, 0) is 23.0 Å². The van der Waals surface area contributed by atoms with Crippen molar-refractivity contribution in [3.05, 3.63) is 0 Å². The summed E-state index contributed by atoms with van der Waals surface area (Å²) in [5, 5.41) is 9.64. The molecule has 0 amide bonds. The summed E-state index contributed by atoms with van der Waals surface area (Å²) < 4.78 is 22.2. The van der Waals surface area contributed by atoms with E-state index in [1.807, 2.05) is 0 Å². The molecule has 0 aliphatic heterocycles. The third kappa shape index (κ3) is 29.9. The van der Waals surface area contributed by atoms with Crippen LogP contribution in [0.25, 0.3) is 0 Å². The van der Waals surface area contributed by atoms with Crippen LogP contribution in [-0.4, -0.2) is 31.3 Å². The summed E-state index contributed by atoms with van der Waals surface area (Å²) >= 11 is 0. The topological polar surface area (TPSA) is 181 Å². The number of Topliss-reactive ketones (excluding diaryl/α,β-unsaturated/α-hetero) is 1. The Hall–Kier alpha value is 0.400. The SMILES string of the molecule is CC(=O)CCC(=O)[O-].O=P(O)(O)OP(=O)(O)O.[Na+]. The maximum absolute atomic E-state index is 10.1. The zero-order valence-electron chi connectivity index (χ0n) is 9.55. The van der Waals surface area contributed by atoms with Gasteiger partial charge in [0.05, 0.1) is 0 Å². The van der Waals surface area contributed by atoms with E-state index in [0.717, 1.165) is 0 Å². The quantitative estimate of drug-likeness (QED) is 0.284. The summed E-state index contributed by atoms with van der Waals surface area (Å²) in [7, 11) is -10.1. The van der Waals surface area contributed by atoms with E-state index in [1.165, 1.54) is 6.92 Å². The molecule has 0 fully saturated rings. The van der Waals surface area contributed by atoms with Crippen molar-refractivity contribution in [1.29, 1.82) is 0 Å². The minimum atomic E-state index is -5.05. The van der Waals surface area contributed by atoms with E-state index in [2.05, 4.69) is 4.31 Å². The minimum Gasteiger partial charge on any atom is -0.550 e. The molecule has 18 heavy (non-hydrogen) atoms. The van der Waals surface area contributed by atoms with Gasteiger partial charge in [0, 0.05) is 12.4 Å². The Kier molecular flexibility index (Phi) is 13.3. The van der Waals surface area contributed by atoms with Gasteiger partial charge >= 0.3 is 45.2 Å². The monoisotopic (exact) mass is 316 g/mol. The Morgan fingerprint density at radius 1 is 1.06 bits per heavy atom. The van der Waals surface area contributed by atoms with E-state index >= 15 is 0 Å². The van der Waals surface area contributed by atoms with Crippen molar-refractivity contribution in [2.24, 2.45) is 0 Å². The van der Waals surface area contributed by atoms with Gasteiger partial charge in [0.2, 0.25) is 0 Å². The van der Waals surface area contributed by atoms with Crippen molar-refractivity contribution in [1.82, 2.24) is 0 Å². The van der Waals surface area contributed by atoms with E-state index in [4.69, 9.17) is 19.6 Å². The molecule has 0 atom stereocenters. The summed E-state index contributed by atoms with van der Waals surface area (Å²) in [5.74, 6) is -1.28. The Bertz CT molecular complexity index is 321. The smallest absolute Gasteiger partial charge is 0.550 e. The summed E-state index contributed by atoms with van der Waals surface area (Å²) in [4.78, 5) is 50.7. The molecule has 13 heteroatoms. The van der Waals surface area contributed by atoms with E-state index in [0.29, 0.717) is 0 Å². The number of carbonyl (C=O) groups is 2. The van der Waals surface area contributed by atoms with Gasteiger partial charge in [-0.05, 0) is 13.3 Å². The maximum atomic E-state index is 10.1. The second kappa shape index (κ2) is 10.2. The predicted molar refractivity (Wildman–Crippen MR) is 50.1 cm³/mol. The molecule has 0 aromatic rings. The molecule has 0 bridgehead atoms. The molecule has 0 aliphatic carbocycles. The van der Waals surface area contributed by atoms with Crippen LogP contribution in [0.4, 0.5) is 0 Å². The van der Waals surface area contributed by atoms with Crippen molar-refractivity contribution in [2.45, 2.75) is 19.8 Å². The molecule has 0 aromatic heterocycles. The molecule has 0 heterocycles. The number of carboxylic acid groups (broad SMARTS) is 1. The molecule has 0 aromatic carbocycles. The third-order valence-corrected chi connectivity index (χ3v) is 2.60. The number of hydrogen-bond acceptors (Lipinski definition) is 6. The van der Waals surface area contributed by atoms with Gasteiger partial charge in [0.15, 0.2) is 0 Å².